The molecule has 1 N–H and O–H groups in total. The molecule has 0 amide bonds. The SMILES string of the molecule is CCCNCc1nnc(Oc2cncc(Br)c2)s1. The lowest BCUT2D eigenvalue weighted by Gasteiger charge is -1.99. The summed E-state index contributed by atoms with van der Waals surface area (Å²) in [5, 5.41) is 12.8. The van der Waals surface area contributed by atoms with Gasteiger partial charge in [-0.25, -0.2) is 0 Å². The third-order valence-electron chi connectivity index (χ3n) is 2.04. The lowest BCUT2D eigenvalue weighted by atomic mass is 10.5. The third kappa shape index (κ3) is 4.01. The van der Waals surface area contributed by atoms with Gasteiger partial charge in [0.25, 0.3) is 5.19 Å². The van der Waals surface area contributed by atoms with Crippen LogP contribution in [0.25, 0.3) is 0 Å². The van der Waals surface area contributed by atoms with Gasteiger partial charge < -0.3 is 10.1 Å². The first-order valence-electron chi connectivity index (χ1n) is 5.59. The second-order valence-electron chi connectivity index (χ2n) is 3.58. The van der Waals surface area contributed by atoms with Gasteiger partial charge in [0.15, 0.2) is 0 Å². The quantitative estimate of drug-likeness (QED) is 0.826. The molecule has 0 saturated heterocycles. The van der Waals surface area contributed by atoms with E-state index >= 15 is 0 Å². The fourth-order valence-electron chi connectivity index (χ4n) is 1.27. The second-order valence-corrected chi connectivity index (χ2v) is 5.52. The Morgan fingerprint density at radius 1 is 1.39 bits per heavy atom. The van der Waals surface area contributed by atoms with Crippen molar-refractivity contribution in [3.8, 4) is 10.9 Å². The Hall–Kier alpha value is -1.05. The Morgan fingerprint density at radius 3 is 3.06 bits per heavy atom. The van der Waals surface area contributed by atoms with E-state index in [-0.39, 0.29) is 0 Å². The molecule has 0 aliphatic rings. The van der Waals surface area contributed by atoms with E-state index in [1.165, 1.54) is 11.3 Å². The molecule has 18 heavy (non-hydrogen) atoms. The predicted octanol–water partition coefficient (Wildman–Crippen LogP) is 2.99. The van der Waals surface area contributed by atoms with Crippen LogP contribution in [0.2, 0.25) is 0 Å². The Kier molecular flexibility index (Phi) is 5.03. The van der Waals surface area contributed by atoms with Gasteiger partial charge in [-0.05, 0) is 35.0 Å². The standard InChI is InChI=1S/C11H13BrN4OS/c1-2-3-13-7-10-15-16-11(18-10)17-9-4-8(12)5-14-6-9/h4-6,13H,2-3,7H2,1H3. The lowest BCUT2D eigenvalue weighted by Crippen LogP contribution is -2.13. The number of nitrogens with one attached hydrogen (secondary N) is 1. The van der Waals surface area contributed by atoms with Crippen LogP contribution in [-0.4, -0.2) is 21.7 Å². The maximum atomic E-state index is 5.57. The molecule has 0 atom stereocenters. The molecule has 7 heteroatoms. The van der Waals surface area contributed by atoms with Gasteiger partial charge in [-0.1, -0.05) is 23.4 Å². The van der Waals surface area contributed by atoms with Crippen molar-refractivity contribution in [3.63, 3.8) is 0 Å². The fourth-order valence-corrected chi connectivity index (χ4v) is 2.29. The molecule has 0 bridgehead atoms. The molecule has 2 aromatic rings. The molecule has 0 aromatic carbocycles. The van der Waals surface area contributed by atoms with E-state index in [4.69, 9.17) is 4.74 Å². The monoisotopic (exact) mass is 328 g/mol. The van der Waals surface area contributed by atoms with Gasteiger partial charge in [0, 0.05) is 17.2 Å². The average molecular weight is 329 g/mol. The number of nitrogens with zero attached hydrogens (tertiary/aromatic N) is 3. The summed E-state index contributed by atoms with van der Waals surface area (Å²) < 4.78 is 6.44. The summed E-state index contributed by atoms with van der Waals surface area (Å²) >= 11 is 4.77. The summed E-state index contributed by atoms with van der Waals surface area (Å²) in [7, 11) is 0. The molecule has 96 valence electrons. The second kappa shape index (κ2) is 6.77. The molecule has 2 heterocycles. The topological polar surface area (TPSA) is 59.9 Å². The van der Waals surface area contributed by atoms with Crippen molar-refractivity contribution in [1.29, 1.82) is 0 Å². The predicted molar refractivity (Wildman–Crippen MR) is 73.9 cm³/mol. The molecule has 0 radical (unpaired) electrons. The van der Waals surface area contributed by atoms with Gasteiger partial charge in [-0.15, -0.1) is 5.10 Å². The highest BCUT2D eigenvalue weighted by molar-refractivity contribution is 9.10. The number of aromatic nitrogens is 3. The normalized spacial score (nSPS) is 10.6. The summed E-state index contributed by atoms with van der Waals surface area (Å²) in [6.45, 7) is 3.83. The van der Waals surface area contributed by atoms with Crippen LogP contribution < -0.4 is 10.1 Å². The zero-order valence-corrected chi connectivity index (χ0v) is 12.3. The van der Waals surface area contributed by atoms with Crippen molar-refractivity contribution in [2.24, 2.45) is 0 Å². The minimum atomic E-state index is 0.531. The first-order chi connectivity index (χ1) is 8.78. The molecular weight excluding hydrogens is 316 g/mol. The highest BCUT2D eigenvalue weighted by Crippen LogP contribution is 2.25. The molecule has 5 nitrogen and oxygen atoms in total. The van der Waals surface area contributed by atoms with Crippen LogP contribution >= 0.6 is 27.3 Å². The van der Waals surface area contributed by atoms with E-state index in [0.29, 0.717) is 10.9 Å². The highest BCUT2D eigenvalue weighted by Gasteiger charge is 2.06. The van der Waals surface area contributed by atoms with E-state index in [9.17, 15) is 0 Å². The number of ether oxygens (including phenoxy) is 1. The molecule has 2 rings (SSSR count). The molecule has 0 spiro atoms. The average Bonchev–Trinajstić information content (AvgIpc) is 2.77. The summed E-state index contributed by atoms with van der Waals surface area (Å²) in [6.07, 6.45) is 4.44. The van der Waals surface area contributed by atoms with Gasteiger partial charge in [0.05, 0.1) is 6.20 Å². The molecule has 0 saturated carbocycles. The minimum absolute atomic E-state index is 0.531. The van der Waals surface area contributed by atoms with Crippen molar-refractivity contribution in [2.45, 2.75) is 19.9 Å². The first-order valence-corrected chi connectivity index (χ1v) is 7.20. The summed E-state index contributed by atoms with van der Waals surface area (Å²) in [4.78, 5) is 4.02. The maximum absolute atomic E-state index is 5.57. The van der Waals surface area contributed by atoms with E-state index in [0.717, 1.165) is 29.0 Å². The van der Waals surface area contributed by atoms with Crippen LogP contribution in [0.5, 0.6) is 10.9 Å². The number of hydrogen-bond acceptors (Lipinski definition) is 6. The van der Waals surface area contributed by atoms with Crippen molar-refractivity contribution < 1.29 is 4.74 Å². The van der Waals surface area contributed by atoms with Crippen molar-refractivity contribution in [2.75, 3.05) is 6.54 Å². The van der Waals surface area contributed by atoms with Crippen LogP contribution in [0.15, 0.2) is 22.9 Å². The third-order valence-corrected chi connectivity index (χ3v) is 3.27. The van der Waals surface area contributed by atoms with Crippen LogP contribution in [0, 0.1) is 0 Å². The van der Waals surface area contributed by atoms with Gasteiger partial charge in [0.2, 0.25) is 0 Å². The molecule has 0 unspecified atom stereocenters. The lowest BCUT2D eigenvalue weighted by molar-refractivity contribution is 0.470. The van der Waals surface area contributed by atoms with E-state index in [1.54, 1.807) is 12.4 Å². The fraction of sp³-hybridized carbons (Fsp3) is 0.364. The summed E-state index contributed by atoms with van der Waals surface area (Å²) in [6, 6.07) is 1.84. The highest BCUT2D eigenvalue weighted by atomic mass is 79.9. The van der Waals surface area contributed by atoms with Crippen molar-refractivity contribution >= 4 is 27.3 Å². The van der Waals surface area contributed by atoms with Gasteiger partial charge in [0.1, 0.15) is 10.8 Å². The van der Waals surface area contributed by atoms with Gasteiger partial charge in [-0.3, -0.25) is 4.98 Å². The Bertz CT molecular complexity index is 505. The first kappa shape index (κ1) is 13.4. The van der Waals surface area contributed by atoms with Crippen molar-refractivity contribution in [1.82, 2.24) is 20.5 Å². The minimum Gasteiger partial charge on any atom is -0.428 e. The molecule has 0 fully saturated rings. The van der Waals surface area contributed by atoms with Crippen LogP contribution in [0.3, 0.4) is 0 Å². The molecule has 0 aliphatic carbocycles. The smallest absolute Gasteiger partial charge is 0.299 e. The van der Waals surface area contributed by atoms with E-state index in [1.807, 2.05) is 6.07 Å². The van der Waals surface area contributed by atoms with Crippen LogP contribution in [0.4, 0.5) is 0 Å². The van der Waals surface area contributed by atoms with E-state index in [2.05, 4.69) is 43.4 Å². The molecular formula is C11H13BrN4OS. The van der Waals surface area contributed by atoms with Crippen LogP contribution in [-0.2, 0) is 6.54 Å². The van der Waals surface area contributed by atoms with Crippen molar-refractivity contribution in [3.05, 3.63) is 27.9 Å². The molecule has 0 aliphatic heterocycles. The van der Waals surface area contributed by atoms with Gasteiger partial charge >= 0.3 is 0 Å². The number of pyridine rings is 1. The number of hydrogen-bond donors (Lipinski definition) is 1. The Morgan fingerprint density at radius 2 is 2.28 bits per heavy atom. The Balaban J connectivity index is 1.94. The van der Waals surface area contributed by atoms with Gasteiger partial charge in [-0.2, -0.15) is 0 Å². The Labute approximate surface area is 118 Å². The summed E-state index contributed by atoms with van der Waals surface area (Å²) in [5.74, 6) is 0.647. The van der Waals surface area contributed by atoms with Crippen LogP contribution in [0.1, 0.15) is 18.4 Å². The zero-order valence-electron chi connectivity index (χ0n) is 9.89. The molecule has 2 aromatic heterocycles. The number of halogens is 1. The van der Waals surface area contributed by atoms with E-state index < -0.39 is 0 Å². The largest absolute Gasteiger partial charge is 0.428 e. The zero-order chi connectivity index (χ0) is 12.8. The number of rotatable bonds is 6. The maximum Gasteiger partial charge on any atom is 0.299 e. The summed E-state index contributed by atoms with van der Waals surface area (Å²) in [5.41, 5.74) is 0.